The molecule has 15 nitrogen and oxygen atoms in total. The summed E-state index contributed by atoms with van der Waals surface area (Å²) in [6.07, 6.45) is 1.14. The van der Waals surface area contributed by atoms with Crippen LogP contribution in [0.15, 0.2) is 6.07 Å². The smallest absolute Gasteiger partial charge is 0.246 e. The highest BCUT2D eigenvalue weighted by atomic mass is 16.8. The van der Waals surface area contributed by atoms with Crippen molar-refractivity contribution in [2.75, 3.05) is 0 Å². The molecule has 0 bridgehead atoms. The van der Waals surface area contributed by atoms with Gasteiger partial charge >= 0.3 is 0 Å². The Morgan fingerprint density at radius 3 is 0.889 bits per heavy atom. The minimum atomic E-state index is -2.66. The average Bonchev–Trinajstić information content (AvgIpc) is 3.81. The lowest BCUT2D eigenvalue weighted by Crippen LogP contribution is -2.36. The largest absolute Gasteiger partial charge is 0.449 e. The number of hydrogen-bond donors (Lipinski definition) is 1. The summed E-state index contributed by atoms with van der Waals surface area (Å²) in [4.78, 5) is 25.8. The summed E-state index contributed by atoms with van der Waals surface area (Å²) in [5.74, 6) is -7.86. The Kier molecular flexibility index (Phi) is 6.23. The lowest BCUT2D eigenvalue weighted by atomic mass is 9.76. The quantitative estimate of drug-likeness (QED) is 0.218. The van der Waals surface area contributed by atoms with Crippen LogP contribution in [0.2, 0.25) is 0 Å². The molecule has 0 saturated carbocycles. The molecule has 0 atom stereocenters. The van der Waals surface area contributed by atoms with E-state index in [0.717, 1.165) is 0 Å². The van der Waals surface area contributed by atoms with Gasteiger partial charge in [0.1, 0.15) is 11.1 Å². The molecular formula is C39H40O15. The molecule has 1 N–H and O–H groups in total. The molecule has 0 radical (unpaired) electrons. The number of aldehydes is 2. The highest BCUT2D eigenvalue weighted by molar-refractivity contribution is 5.94. The van der Waals surface area contributed by atoms with E-state index in [0.29, 0.717) is 12.6 Å². The first-order valence-electron chi connectivity index (χ1n) is 17.5. The second-order valence-corrected chi connectivity index (χ2v) is 16.7. The van der Waals surface area contributed by atoms with E-state index >= 15 is 0 Å². The van der Waals surface area contributed by atoms with Crippen molar-refractivity contribution in [3.63, 3.8) is 0 Å². The average molecular weight is 749 g/mol. The van der Waals surface area contributed by atoms with Gasteiger partial charge in [-0.3, -0.25) is 9.59 Å². The number of benzene rings is 3. The number of carbonyl (C=O) groups excluding carboxylic acids is 2. The molecule has 0 aliphatic carbocycles. The van der Waals surface area contributed by atoms with Crippen LogP contribution in [0.3, 0.4) is 0 Å². The zero-order valence-corrected chi connectivity index (χ0v) is 31.9. The molecule has 0 aromatic heterocycles. The zero-order chi connectivity index (χ0) is 38.9. The first-order chi connectivity index (χ1) is 24.9. The first kappa shape index (κ1) is 34.3. The maximum absolute atomic E-state index is 14.6. The number of aliphatic hydroxyl groups is 1. The molecule has 286 valence electrons. The highest BCUT2D eigenvalue weighted by Gasteiger charge is 2.61. The van der Waals surface area contributed by atoms with Crippen LogP contribution in [-0.4, -0.2) is 52.4 Å². The molecule has 0 amide bonds. The number of ether oxygens (including phenoxy) is 12. The maximum atomic E-state index is 14.6. The predicted molar refractivity (Wildman–Crippen MR) is 184 cm³/mol. The molecule has 3 aromatic rings. The summed E-state index contributed by atoms with van der Waals surface area (Å²) >= 11 is 0. The van der Waals surface area contributed by atoms with Crippen LogP contribution in [0, 0.1) is 0 Å². The third-order valence-electron chi connectivity index (χ3n) is 9.39. The summed E-state index contributed by atoms with van der Waals surface area (Å²) in [7, 11) is 0. The van der Waals surface area contributed by atoms with Crippen LogP contribution < -0.4 is 56.8 Å². The van der Waals surface area contributed by atoms with Crippen molar-refractivity contribution in [1.29, 1.82) is 0 Å². The van der Waals surface area contributed by atoms with E-state index in [1.807, 2.05) is 0 Å². The van der Waals surface area contributed by atoms with Crippen LogP contribution in [0.5, 0.6) is 69.0 Å². The van der Waals surface area contributed by atoms with Gasteiger partial charge in [-0.1, -0.05) is 0 Å². The van der Waals surface area contributed by atoms with Gasteiger partial charge in [-0.2, -0.15) is 0 Å². The summed E-state index contributed by atoms with van der Waals surface area (Å²) in [6, 6.07) is 1.61. The fourth-order valence-electron chi connectivity index (χ4n) is 7.79. The van der Waals surface area contributed by atoms with Gasteiger partial charge in [0, 0.05) is 89.2 Å². The fourth-order valence-corrected chi connectivity index (χ4v) is 7.79. The monoisotopic (exact) mass is 748 g/mol. The summed E-state index contributed by atoms with van der Waals surface area (Å²) in [6.45, 7) is 20.0. The number of hydrogen-bond acceptors (Lipinski definition) is 15. The Hall–Kier alpha value is -5.44. The summed E-state index contributed by atoms with van der Waals surface area (Å²) in [5.41, 5.74) is -2.97. The van der Waals surface area contributed by atoms with Crippen LogP contribution in [-0.2, 0) is 5.60 Å². The van der Waals surface area contributed by atoms with Crippen molar-refractivity contribution < 1.29 is 71.5 Å². The van der Waals surface area contributed by atoms with Crippen molar-refractivity contribution in [1.82, 2.24) is 0 Å². The Bertz CT molecular complexity index is 2020. The predicted octanol–water partition coefficient (Wildman–Crippen LogP) is 6.64. The Morgan fingerprint density at radius 1 is 0.389 bits per heavy atom. The van der Waals surface area contributed by atoms with Gasteiger partial charge in [-0.05, 0) is 0 Å². The molecule has 54 heavy (non-hydrogen) atoms. The normalized spacial score (nSPS) is 22.0. The fraction of sp³-hybridized carbons (Fsp3) is 0.487. The number of rotatable bonds is 5. The van der Waals surface area contributed by atoms with Gasteiger partial charge < -0.3 is 61.9 Å². The van der Waals surface area contributed by atoms with Crippen molar-refractivity contribution in [2.24, 2.45) is 0 Å². The van der Waals surface area contributed by atoms with Crippen LogP contribution in [0.4, 0.5) is 0 Å². The van der Waals surface area contributed by atoms with E-state index in [1.165, 1.54) is 0 Å². The lowest BCUT2D eigenvalue weighted by Gasteiger charge is -2.35. The minimum absolute atomic E-state index is 0.0135. The van der Waals surface area contributed by atoms with Crippen LogP contribution in [0.1, 0.15) is 120 Å². The Morgan fingerprint density at radius 2 is 0.611 bits per heavy atom. The van der Waals surface area contributed by atoms with Crippen molar-refractivity contribution in [3.8, 4) is 69.0 Å². The number of carbonyl (C=O) groups is 2. The number of fused-ring (bicyclic) bond motifs is 6. The van der Waals surface area contributed by atoms with E-state index in [4.69, 9.17) is 56.8 Å². The van der Waals surface area contributed by atoms with Crippen molar-refractivity contribution in [3.05, 3.63) is 33.9 Å². The first-order valence-corrected chi connectivity index (χ1v) is 17.5. The second-order valence-electron chi connectivity index (χ2n) is 16.7. The molecule has 0 fully saturated rings. The van der Waals surface area contributed by atoms with Crippen molar-refractivity contribution in [2.45, 2.75) is 123 Å². The molecular weight excluding hydrogens is 708 g/mol. The SMILES string of the molecule is CC1(C)Oc2cc3c(c(C(O)(c4c5c(c(C=O)c6c4OC(C)(C)O6)OC(C)(C)O5)c4c5c(c(C=O)c6c4OC(C)(C)O6)OC(C)(C)O5)c2O1)OC(C)(C)O3. The zero-order valence-electron chi connectivity index (χ0n) is 31.9. The van der Waals surface area contributed by atoms with Gasteiger partial charge in [0.15, 0.2) is 87.2 Å². The molecule has 15 heteroatoms. The van der Waals surface area contributed by atoms with E-state index in [2.05, 4.69) is 0 Å². The van der Waals surface area contributed by atoms with E-state index < -0.39 is 40.3 Å². The molecule has 6 aliphatic rings. The Labute approximate surface area is 310 Å². The van der Waals surface area contributed by atoms with E-state index in [9.17, 15) is 14.7 Å². The molecule has 0 spiro atoms. The molecule has 9 rings (SSSR count). The summed E-state index contributed by atoms with van der Waals surface area (Å²) in [5, 5.41) is 14.6. The lowest BCUT2D eigenvalue weighted by molar-refractivity contribution is -0.0542. The van der Waals surface area contributed by atoms with Gasteiger partial charge in [-0.25, -0.2) is 0 Å². The topological polar surface area (TPSA) is 165 Å². The molecule has 6 heterocycles. The Balaban J connectivity index is 1.53. The molecule has 0 unspecified atom stereocenters. The van der Waals surface area contributed by atoms with Gasteiger partial charge in [0.05, 0.1) is 16.7 Å². The maximum Gasteiger partial charge on any atom is 0.246 e. The van der Waals surface area contributed by atoms with Gasteiger partial charge in [-0.15, -0.1) is 0 Å². The van der Waals surface area contributed by atoms with E-state index in [-0.39, 0.29) is 96.8 Å². The molecule has 3 aromatic carbocycles. The standard InChI is InChI=1S/C39H40O15/c1-33(2)43-18-13-19-28(50-34(3,4)44-19)20(27(18)49-33)39(42,21-29-23(45-35(5,6)51-29)16(14-40)24-30(21)52-36(7,8)46-24)22-31-25(47-37(9,10)53-31)17(15-41)26-32(22)54-38(11,12)48-26/h13-15,42H,1-12H3. The van der Waals surface area contributed by atoms with Gasteiger partial charge in [0.25, 0.3) is 0 Å². The second kappa shape index (κ2) is 9.80. The third-order valence-corrected chi connectivity index (χ3v) is 9.39. The van der Waals surface area contributed by atoms with E-state index in [1.54, 1.807) is 89.2 Å². The minimum Gasteiger partial charge on any atom is -0.449 e. The summed E-state index contributed by atoms with van der Waals surface area (Å²) < 4.78 is 76.8. The highest BCUT2D eigenvalue weighted by Crippen LogP contribution is 2.70. The van der Waals surface area contributed by atoms with Crippen molar-refractivity contribution >= 4 is 12.6 Å². The molecule has 0 saturated heterocycles. The molecule has 6 aliphatic heterocycles. The third kappa shape index (κ3) is 4.62. The van der Waals surface area contributed by atoms with Crippen LogP contribution >= 0.6 is 0 Å². The van der Waals surface area contributed by atoms with Gasteiger partial charge in [0.2, 0.25) is 34.7 Å². The van der Waals surface area contributed by atoms with Crippen LogP contribution in [0.25, 0.3) is 0 Å².